The molecule has 1 unspecified atom stereocenters. The zero-order valence-electron chi connectivity index (χ0n) is 10.4. The number of nitrogens with one attached hydrogen (secondary N) is 1. The molecule has 0 spiro atoms. The second-order valence-corrected chi connectivity index (χ2v) is 5.56. The van der Waals surface area contributed by atoms with Gasteiger partial charge in [-0.1, -0.05) is 19.9 Å². The molecule has 0 aliphatic carbocycles. The van der Waals surface area contributed by atoms with Crippen molar-refractivity contribution in [2.75, 3.05) is 16.8 Å². The summed E-state index contributed by atoms with van der Waals surface area (Å²) in [5, 5.41) is 3.46. The normalized spacial score (nSPS) is 12.1. The van der Waals surface area contributed by atoms with Gasteiger partial charge in [0.2, 0.25) is 5.91 Å². The van der Waals surface area contributed by atoms with Crippen LogP contribution in [0.5, 0.6) is 0 Å². The maximum absolute atomic E-state index is 11.6. The first-order valence-corrected chi connectivity index (χ1v) is 6.93. The van der Waals surface area contributed by atoms with E-state index in [1.54, 1.807) is 12.1 Å². The summed E-state index contributed by atoms with van der Waals surface area (Å²) in [6.07, 6.45) is 1.69. The highest BCUT2D eigenvalue weighted by Crippen LogP contribution is 2.16. The smallest absolute Gasteiger partial charge is 0.225 e. The van der Waals surface area contributed by atoms with Crippen LogP contribution in [0, 0.1) is 0 Å². The molecule has 0 aliphatic heterocycles. The first-order valence-electron chi connectivity index (χ1n) is 5.88. The summed E-state index contributed by atoms with van der Waals surface area (Å²) in [5.41, 5.74) is 7.07. The number of carbonyl (C=O) groups excluding carboxylic acids is 1. The van der Waals surface area contributed by atoms with Crippen molar-refractivity contribution in [3.63, 3.8) is 0 Å². The van der Waals surface area contributed by atoms with E-state index in [4.69, 9.17) is 5.73 Å². The van der Waals surface area contributed by atoms with Crippen LogP contribution < -0.4 is 11.1 Å². The monoisotopic (exact) mass is 252 g/mol. The molecular weight excluding hydrogens is 232 g/mol. The molecule has 1 aromatic carbocycles. The van der Waals surface area contributed by atoms with Crippen LogP contribution in [-0.2, 0) is 4.79 Å². The van der Waals surface area contributed by atoms with E-state index in [2.05, 4.69) is 19.2 Å². The Labute approximate surface area is 107 Å². The molecule has 0 bridgehead atoms. The average Bonchev–Trinajstić information content (AvgIpc) is 2.28. The molecule has 1 rings (SSSR count). The number of hydrogen-bond donors (Lipinski definition) is 2. The SMILES string of the molecule is CCC(C)SCCC(=O)Nc1cccc(N)c1. The predicted molar refractivity (Wildman–Crippen MR) is 76.3 cm³/mol. The molecule has 0 saturated carbocycles. The Kier molecular flexibility index (Phi) is 5.91. The number of carbonyl (C=O) groups is 1. The van der Waals surface area contributed by atoms with Crippen LogP contribution in [0.1, 0.15) is 26.7 Å². The Morgan fingerprint density at radius 1 is 1.53 bits per heavy atom. The van der Waals surface area contributed by atoms with Crippen LogP contribution in [-0.4, -0.2) is 16.9 Å². The number of nitrogens with two attached hydrogens (primary N) is 1. The van der Waals surface area contributed by atoms with Crippen LogP contribution in [0.4, 0.5) is 11.4 Å². The molecule has 0 saturated heterocycles. The van der Waals surface area contributed by atoms with E-state index in [0.29, 0.717) is 17.4 Å². The Hall–Kier alpha value is -1.16. The van der Waals surface area contributed by atoms with Gasteiger partial charge in [-0.25, -0.2) is 0 Å². The van der Waals surface area contributed by atoms with Crippen molar-refractivity contribution >= 4 is 29.0 Å². The van der Waals surface area contributed by atoms with Gasteiger partial charge in [0.1, 0.15) is 0 Å². The van der Waals surface area contributed by atoms with Gasteiger partial charge in [-0.05, 0) is 24.6 Å². The molecule has 17 heavy (non-hydrogen) atoms. The Morgan fingerprint density at radius 3 is 2.94 bits per heavy atom. The quantitative estimate of drug-likeness (QED) is 0.765. The highest BCUT2D eigenvalue weighted by Gasteiger charge is 2.04. The first kappa shape index (κ1) is 13.9. The van der Waals surface area contributed by atoms with Crippen LogP contribution in [0.15, 0.2) is 24.3 Å². The minimum absolute atomic E-state index is 0.0476. The van der Waals surface area contributed by atoms with Gasteiger partial charge in [0.05, 0.1) is 0 Å². The number of benzene rings is 1. The van der Waals surface area contributed by atoms with Crippen molar-refractivity contribution in [2.45, 2.75) is 31.9 Å². The van der Waals surface area contributed by atoms with Crippen molar-refractivity contribution in [3.05, 3.63) is 24.3 Å². The molecule has 0 aromatic heterocycles. The Balaban J connectivity index is 2.30. The summed E-state index contributed by atoms with van der Waals surface area (Å²) in [7, 11) is 0. The Bertz CT molecular complexity index is 368. The third-order valence-corrected chi connectivity index (χ3v) is 3.82. The highest BCUT2D eigenvalue weighted by atomic mass is 32.2. The summed E-state index contributed by atoms with van der Waals surface area (Å²) < 4.78 is 0. The predicted octanol–water partition coefficient (Wildman–Crippen LogP) is 3.13. The highest BCUT2D eigenvalue weighted by molar-refractivity contribution is 7.99. The molecule has 4 heteroatoms. The van der Waals surface area contributed by atoms with Crippen LogP contribution in [0.3, 0.4) is 0 Å². The van der Waals surface area contributed by atoms with Crippen molar-refractivity contribution in [3.8, 4) is 0 Å². The van der Waals surface area contributed by atoms with Gasteiger partial charge in [0.15, 0.2) is 0 Å². The summed E-state index contributed by atoms with van der Waals surface area (Å²) in [6, 6.07) is 7.24. The number of thioether (sulfide) groups is 1. The molecule has 3 nitrogen and oxygen atoms in total. The molecule has 1 atom stereocenters. The lowest BCUT2D eigenvalue weighted by Gasteiger charge is -2.08. The molecular formula is C13H20N2OS. The van der Waals surface area contributed by atoms with E-state index >= 15 is 0 Å². The van der Waals surface area contributed by atoms with Gasteiger partial charge in [-0.15, -0.1) is 0 Å². The second kappa shape index (κ2) is 7.22. The summed E-state index contributed by atoms with van der Waals surface area (Å²) in [6.45, 7) is 4.34. The lowest BCUT2D eigenvalue weighted by molar-refractivity contribution is -0.115. The molecule has 0 heterocycles. The Morgan fingerprint density at radius 2 is 2.29 bits per heavy atom. The van der Waals surface area contributed by atoms with E-state index in [-0.39, 0.29) is 5.91 Å². The first-order chi connectivity index (χ1) is 8.11. The lowest BCUT2D eigenvalue weighted by Crippen LogP contribution is -2.13. The molecule has 94 valence electrons. The summed E-state index contributed by atoms with van der Waals surface area (Å²) >= 11 is 1.83. The fraction of sp³-hybridized carbons (Fsp3) is 0.462. The number of anilines is 2. The third kappa shape index (κ3) is 5.63. The number of hydrogen-bond acceptors (Lipinski definition) is 3. The van der Waals surface area contributed by atoms with E-state index in [9.17, 15) is 4.79 Å². The van der Waals surface area contributed by atoms with Gasteiger partial charge in [-0.3, -0.25) is 4.79 Å². The summed E-state index contributed by atoms with van der Waals surface area (Å²) in [5.74, 6) is 0.912. The van der Waals surface area contributed by atoms with Crippen molar-refractivity contribution < 1.29 is 4.79 Å². The maximum atomic E-state index is 11.6. The fourth-order valence-corrected chi connectivity index (χ4v) is 2.25. The molecule has 1 aromatic rings. The van der Waals surface area contributed by atoms with E-state index < -0.39 is 0 Å². The molecule has 0 aliphatic rings. The molecule has 3 N–H and O–H groups in total. The maximum Gasteiger partial charge on any atom is 0.225 e. The van der Waals surface area contributed by atoms with Crippen LogP contribution in [0.2, 0.25) is 0 Å². The van der Waals surface area contributed by atoms with Gasteiger partial charge < -0.3 is 11.1 Å². The zero-order valence-corrected chi connectivity index (χ0v) is 11.2. The standard InChI is InChI=1S/C13H20N2OS/c1-3-10(2)17-8-7-13(16)15-12-6-4-5-11(14)9-12/h4-6,9-10H,3,7-8,14H2,1-2H3,(H,15,16). The topological polar surface area (TPSA) is 55.1 Å². The number of amides is 1. The van der Waals surface area contributed by atoms with Crippen molar-refractivity contribution in [2.24, 2.45) is 0 Å². The van der Waals surface area contributed by atoms with Gasteiger partial charge in [0, 0.05) is 28.8 Å². The van der Waals surface area contributed by atoms with E-state index in [1.807, 2.05) is 23.9 Å². The fourth-order valence-electron chi connectivity index (χ4n) is 1.31. The van der Waals surface area contributed by atoms with Crippen LogP contribution >= 0.6 is 11.8 Å². The van der Waals surface area contributed by atoms with Gasteiger partial charge in [0.25, 0.3) is 0 Å². The van der Waals surface area contributed by atoms with Gasteiger partial charge in [-0.2, -0.15) is 11.8 Å². The molecule has 1 amide bonds. The van der Waals surface area contributed by atoms with E-state index in [1.165, 1.54) is 0 Å². The third-order valence-electron chi connectivity index (χ3n) is 2.48. The van der Waals surface area contributed by atoms with E-state index in [0.717, 1.165) is 17.9 Å². The average molecular weight is 252 g/mol. The minimum atomic E-state index is 0.0476. The van der Waals surface area contributed by atoms with Crippen LogP contribution in [0.25, 0.3) is 0 Å². The summed E-state index contributed by atoms with van der Waals surface area (Å²) in [4.78, 5) is 11.6. The van der Waals surface area contributed by atoms with Crippen molar-refractivity contribution in [1.29, 1.82) is 0 Å². The zero-order chi connectivity index (χ0) is 12.7. The van der Waals surface area contributed by atoms with Crippen molar-refractivity contribution in [1.82, 2.24) is 0 Å². The second-order valence-electron chi connectivity index (χ2n) is 4.01. The van der Waals surface area contributed by atoms with Gasteiger partial charge >= 0.3 is 0 Å². The lowest BCUT2D eigenvalue weighted by atomic mass is 10.3. The minimum Gasteiger partial charge on any atom is -0.399 e. The largest absolute Gasteiger partial charge is 0.399 e. The molecule has 0 fully saturated rings. The number of nitrogen functional groups attached to an aromatic ring is 1. The number of rotatable bonds is 6. The molecule has 0 radical (unpaired) electrons.